The van der Waals surface area contributed by atoms with Crippen LogP contribution in [-0.2, 0) is 6.42 Å². The smallest absolute Gasteiger partial charge is 0.194 e. The Kier molecular flexibility index (Phi) is 3.27. The van der Waals surface area contributed by atoms with Crippen LogP contribution in [0.2, 0.25) is 0 Å². The van der Waals surface area contributed by atoms with E-state index in [0.717, 1.165) is 35.1 Å². The highest BCUT2D eigenvalue weighted by molar-refractivity contribution is 6.19. The molecule has 0 bridgehead atoms. The maximum Gasteiger partial charge on any atom is 0.194 e. The fourth-order valence-corrected chi connectivity index (χ4v) is 3.01. The number of aryl methyl sites for hydroxylation is 1. The van der Waals surface area contributed by atoms with Gasteiger partial charge >= 0.3 is 0 Å². The molecule has 2 aromatic carbocycles. The molecule has 0 unspecified atom stereocenters. The van der Waals surface area contributed by atoms with Crippen LogP contribution in [0.25, 0.3) is 5.57 Å². The SMILES string of the molecule is CC/C=C1\c2ccccc2C(=O)c2cccc(CC)c21. The number of benzene rings is 2. The van der Waals surface area contributed by atoms with Crippen molar-refractivity contribution in [1.82, 2.24) is 0 Å². The zero-order valence-electron chi connectivity index (χ0n) is 11.9. The second-order valence-electron chi connectivity index (χ2n) is 5.09. The van der Waals surface area contributed by atoms with Crippen LogP contribution in [0.15, 0.2) is 48.5 Å². The second kappa shape index (κ2) is 5.09. The lowest BCUT2D eigenvalue weighted by molar-refractivity contribution is 0.103. The van der Waals surface area contributed by atoms with Gasteiger partial charge in [0.05, 0.1) is 0 Å². The van der Waals surface area contributed by atoms with Gasteiger partial charge in [-0.15, -0.1) is 0 Å². The molecule has 0 aromatic heterocycles. The van der Waals surface area contributed by atoms with Gasteiger partial charge in [-0.3, -0.25) is 4.79 Å². The molecule has 100 valence electrons. The Bertz CT molecular complexity index is 707. The molecule has 1 heteroatoms. The zero-order valence-corrected chi connectivity index (χ0v) is 11.9. The average Bonchev–Trinajstić information content (AvgIpc) is 2.50. The first-order chi connectivity index (χ1) is 9.77. The van der Waals surface area contributed by atoms with Gasteiger partial charge in [0.1, 0.15) is 0 Å². The first-order valence-electron chi connectivity index (χ1n) is 7.24. The number of ketones is 1. The number of allylic oxidation sites excluding steroid dienone is 1. The number of carbonyl (C=O) groups excluding carboxylic acids is 1. The van der Waals surface area contributed by atoms with E-state index in [1.807, 2.05) is 30.3 Å². The van der Waals surface area contributed by atoms with Gasteiger partial charge < -0.3 is 0 Å². The summed E-state index contributed by atoms with van der Waals surface area (Å²) >= 11 is 0. The van der Waals surface area contributed by atoms with E-state index in [9.17, 15) is 4.79 Å². The molecule has 0 radical (unpaired) electrons. The van der Waals surface area contributed by atoms with Crippen molar-refractivity contribution in [3.05, 3.63) is 76.4 Å². The molecule has 3 rings (SSSR count). The minimum atomic E-state index is 0.152. The van der Waals surface area contributed by atoms with Gasteiger partial charge in [-0.25, -0.2) is 0 Å². The summed E-state index contributed by atoms with van der Waals surface area (Å²) in [4.78, 5) is 12.7. The Morgan fingerprint density at radius 1 is 0.900 bits per heavy atom. The lowest BCUT2D eigenvalue weighted by Crippen LogP contribution is -2.16. The van der Waals surface area contributed by atoms with Crippen LogP contribution in [0.4, 0.5) is 0 Å². The molecule has 2 aromatic rings. The highest BCUT2D eigenvalue weighted by Gasteiger charge is 2.27. The fourth-order valence-electron chi connectivity index (χ4n) is 3.01. The van der Waals surface area contributed by atoms with E-state index >= 15 is 0 Å². The van der Waals surface area contributed by atoms with Crippen molar-refractivity contribution in [3.63, 3.8) is 0 Å². The number of hydrogen-bond donors (Lipinski definition) is 0. The predicted octanol–water partition coefficient (Wildman–Crippen LogP) is 4.64. The van der Waals surface area contributed by atoms with Crippen LogP contribution in [0.1, 0.15) is 52.9 Å². The lowest BCUT2D eigenvalue weighted by Gasteiger charge is -2.24. The summed E-state index contributed by atoms with van der Waals surface area (Å²) in [7, 11) is 0. The largest absolute Gasteiger partial charge is 0.289 e. The number of carbonyl (C=O) groups is 1. The Morgan fingerprint density at radius 3 is 2.30 bits per heavy atom. The standard InChI is InChI=1S/C19H18O/c1-3-8-15-14-10-5-6-11-16(14)19(20)17-12-7-9-13(4-2)18(15)17/h5-12H,3-4H2,1-2H3/b15-8+. The van der Waals surface area contributed by atoms with Crippen LogP contribution in [0.3, 0.4) is 0 Å². The number of rotatable bonds is 2. The third kappa shape index (κ3) is 1.82. The molecule has 0 heterocycles. The summed E-state index contributed by atoms with van der Waals surface area (Å²) in [5.74, 6) is 0.152. The van der Waals surface area contributed by atoms with Crippen LogP contribution in [-0.4, -0.2) is 5.78 Å². The van der Waals surface area contributed by atoms with Crippen molar-refractivity contribution in [2.45, 2.75) is 26.7 Å². The third-order valence-electron chi connectivity index (χ3n) is 3.92. The molecule has 1 aliphatic carbocycles. The number of fused-ring (bicyclic) bond motifs is 2. The Balaban J connectivity index is 2.36. The average molecular weight is 262 g/mol. The van der Waals surface area contributed by atoms with E-state index in [4.69, 9.17) is 0 Å². The van der Waals surface area contributed by atoms with E-state index < -0.39 is 0 Å². The van der Waals surface area contributed by atoms with Crippen molar-refractivity contribution in [3.8, 4) is 0 Å². The van der Waals surface area contributed by atoms with Gasteiger partial charge in [-0.05, 0) is 35.1 Å². The first-order valence-corrected chi connectivity index (χ1v) is 7.24. The molecule has 0 atom stereocenters. The molecule has 1 nitrogen and oxygen atoms in total. The zero-order chi connectivity index (χ0) is 14.1. The summed E-state index contributed by atoms with van der Waals surface area (Å²) in [5.41, 5.74) is 6.37. The first kappa shape index (κ1) is 12.9. The lowest BCUT2D eigenvalue weighted by atomic mass is 9.78. The van der Waals surface area contributed by atoms with Gasteiger partial charge in [0.15, 0.2) is 5.78 Å². The molecule has 0 amide bonds. The minimum absolute atomic E-state index is 0.152. The molecule has 0 fully saturated rings. The van der Waals surface area contributed by atoms with Crippen molar-refractivity contribution in [2.75, 3.05) is 0 Å². The van der Waals surface area contributed by atoms with Crippen molar-refractivity contribution >= 4 is 11.4 Å². The molecule has 20 heavy (non-hydrogen) atoms. The summed E-state index contributed by atoms with van der Waals surface area (Å²) in [6.07, 6.45) is 4.15. The molecule has 0 spiro atoms. The maximum absolute atomic E-state index is 12.7. The highest BCUT2D eigenvalue weighted by Crippen LogP contribution is 2.38. The van der Waals surface area contributed by atoms with Gasteiger partial charge in [0.25, 0.3) is 0 Å². The highest BCUT2D eigenvalue weighted by atomic mass is 16.1. The van der Waals surface area contributed by atoms with Crippen LogP contribution >= 0.6 is 0 Å². The molecular formula is C19H18O. The molecule has 1 aliphatic rings. The van der Waals surface area contributed by atoms with Crippen molar-refractivity contribution in [2.24, 2.45) is 0 Å². The normalized spacial score (nSPS) is 15.1. The van der Waals surface area contributed by atoms with E-state index in [1.165, 1.54) is 11.1 Å². The summed E-state index contributed by atoms with van der Waals surface area (Å²) < 4.78 is 0. The van der Waals surface area contributed by atoms with Crippen molar-refractivity contribution in [1.29, 1.82) is 0 Å². The van der Waals surface area contributed by atoms with E-state index in [0.29, 0.717) is 0 Å². The van der Waals surface area contributed by atoms with Gasteiger partial charge in [0, 0.05) is 11.1 Å². The summed E-state index contributed by atoms with van der Waals surface area (Å²) in [6, 6.07) is 14.0. The van der Waals surface area contributed by atoms with E-state index in [-0.39, 0.29) is 5.78 Å². The van der Waals surface area contributed by atoms with E-state index in [1.54, 1.807) is 0 Å². The topological polar surface area (TPSA) is 17.1 Å². The maximum atomic E-state index is 12.7. The summed E-state index contributed by atoms with van der Waals surface area (Å²) in [5, 5.41) is 0. The van der Waals surface area contributed by atoms with Crippen LogP contribution < -0.4 is 0 Å². The molecule has 0 saturated carbocycles. The molecule has 0 N–H and O–H groups in total. The Labute approximate surface area is 120 Å². The third-order valence-corrected chi connectivity index (χ3v) is 3.92. The Morgan fingerprint density at radius 2 is 1.60 bits per heavy atom. The van der Waals surface area contributed by atoms with Crippen LogP contribution in [0.5, 0.6) is 0 Å². The monoisotopic (exact) mass is 262 g/mol. The van der Waals surface area contributed by atoms with Gasteiger partial charge in [-0.2, -0.15) is 0 Å². The molecular weight excluding hydrogens is 244 g/mol. The van der Waals surface area contributed by atoms with Gasteiger partial charge in [-0.1, -0.05) is 62.4 Å². The van der Waals surface area contributed by atoms with E-state index in [2.05, 4.69) is 32.1 Å². The predicted molar refractivity (Wildman–Crippen MR) is 83.1 cm³/mol. The second-order valence-corrected chi connectivity index (χ2v) is 5.09. The fraction of sp³-hybridized carbons (Fsp3) is 0.211. The molecule has 0 aliphatic heterocycles. The Hall–Kier alpha value is -2.15. The van der Waals surface area contributed by atoms with Crippen LogP contribution in [0, 0.1) is 0 Å². The molecule has 0 saturated heterocycles. The summed E-state index contributed by atoms with van der Waals surface area (Å²) in [6.45, 7) is 4.28. The van der Waals surface area contributed by atoms with Crippen molar-refractivity contribution < 1.29 is 4.79 Å². The van der Waals surface area contributed by atoms with Gasteiger partial charge in [0.2, 0.25) is 0 Å². The quantitative estimate of drug-likeness (QED) is 0.657. The minimum Gasteiger partial charge on any atom is -0.289 e. The number of hydrogen-bond acceptors (Lipinski definition) is 1.